The number of carbonyl (C=O) groups is 1. The minimum Gasteiger partial charge on any atom is -0.322 e. The van der Waals surface area contributed by atoms with Crippen LogP contribution in [0.25, 0.3) is 0 Å². The molecule has 0 aliphatic rings. The second-order valence-corrected chi connectivity index (χ2v) is 5.24. The number of halogens is 2. The van der Waals surface area contributed by atoms with Gasteiger partial charge in [-0.2, -0.15) is 0 Å². The highest BCUT2D eigenvalue weighted by molar-refractivity contribution is 9.08. The number of amides is 1. The average molecular weight is 339 g/mol. The first kappa shape index (κ1) is 14.1. The molecule has 2 nitrogen and oxygen atoms in total. The van der Waals surface area contributed by atoms with Crippen molar-refractivity contribution in [3.63, 3.8) is 0 Å². The first-order valence-corrected chi connectivity index (χ1v) is 7.32. The third kappa shape index (κ3) is 3.58. The van der Waals surface area contributed by atoms with Crippen molar-refractivity contribution in [3.8, 4) is 0 Å². The number of hydrogen-bond acceptors (Lipinski definition) is 1. The van der Waals surface area contributed by atoms with E-state index in [4.69, 9.17) is 11.6 Å². The van der Waals surface area contributed by atoms with Gasteiger partial charge in [-0.15, -0.1) is 0 Å². The summed E-state index contributed by atoms with van der Waals surface area (Å²) in [7, 11) is 0. The van der Waals surface area contributed by atoms with Crippen molar-refractivity contribution in [2.75, 3.05) is 5.32 Å². The van der Waals surface area contributed by atoms with Crippen molar-refractivity contribution in [2.24, 2.45) is 0 Å². The van der Waals surface area contributed by atoms with Crippen molar-refractivity contribution in [3.05, 3.63) is 64.2 Å². The first-order valence-electron chi connectivity index (χ1n) is 5.82. The Labute approximate surface area is 125 Å². The summed E-state index contributed by atoms with van der Waals surface area (Å²) in [5, 5.41) is 4.26. The molecule has 0 bridgehead atoms. The molecule has 1 amide bonds. The van der Waals surface area contributed by atoms with E-state index < -0.39 is 0 Å². The Kier molecular flexibility index (Phi) is 4.61. The summed E-state index contributed by atoms with van der Waals surface area (Å²) >= 11 is 9.30. The van der Waals surface area contributed by atoms with E-state index in [2.05, 4.69) is 21.2 Å². The molecule has 0 atom stereocenters. The predicted molar refractivity (Wildman–Crippen MR) is 83.2 cm³/mol. The van der Waals surface area contributed by atoms with Crippen LogP contribution in [0.5, 0.6) is 0 Å². The number of anilines is 1. The second-order valence-electron chi connectivity index (χ2n) is 4.24. The van der Waals surface area contributed by atoms with Crippen LogP contribution in [0.1, 0.15) is 21.5 Å². The Bertz CT molecular complexity index is 596. The summed E-state index contributed by atoms with van der Waals surface area (Å²) in [5.41, 5.74) is 3.48. The van der Waals surface area contributed by atoms with Crippen molar-refractivity contribution in [1.82, 2.24) is 0 Å². The predicted octanol–water partition coefficient (Wildman–Crippen LogP) is 4.80. The molecule has 0 aromatic heterocycles. The number of nitrogens with one attached hydrogen (secondary N) is 1. The summed E-state index contributed by atoms with van der Waals surface area (Å²) in [6, 6.07) is 12.9. The minimum absolute atomic E-state index is 0.133. The van der Waals surface area contributed by atoms with Gasteiger partial charge >= 0.3 is 0 Å². The van der Waals surface area contributed by atoms with Gasteiger partial charge in [-0.25, -0.2) is 0 Å². The van der Waals surface area contributed by atoms with Gasteiger partial charge in [0, 0.05) is 21.6 Å². The van der Waals surface area contributed by atoms with Gasteiger partial charge in [0.1, 0.15) is 0 Å². The molecule has 0 heterocycles. The molecule has 19 heavy (non-hydrogen) atoms. The summed E-state index contributed by atoms with van der Waals surface area (Å²) in [6.07, 6.45) is 0. The van der Waals surface area contributed by atoms with Crippen LogP contribution in [-0.4, -0.2) is 5.91 Å². The van der Waals surface area contributed by atoms with Crippen LogP contribution in [0, 0.1) is 6.92 Å². The Morgan fingerprint density at radius 1 is 1.21 bits per heavy atom. The SMILES string of the molecule is Cc1ccc(Cl)cc1NC(=O)c1ccc(CBr)cc1. The molecule has 0 aliphatic carbocycles. The van der Waals surface area contributed by atoms with E-state index in [1.54, 1.807) is 12.1 Å². The molecule has 2 rings (SSSR count). The van der Waals surface area contributed by atoms with Gasteiger partial charge in [0.25, 0.3) is 5.91 Å². The van der Waals surface area contributed by atoms with Gasteiger partial charge in [0.05, 0.1) is 0 Å². The molecule has 4 heteroatoms. The second kappa shape index (κ2) is 6.22. The molecule has 98 valence electrons. The van der Waals surface area contributed by atoms with Gasteiger partial charge in [-0.05, 0) is 42.3 Å². The highest BCUT2D eigenvalue weighted by atomic mass is 79.9. The Balaban J connectivity index is 2.18. The van der Waals surface area contributed by atoms with Gasteiger partial charge in [-0.3, -0.25) is 4.79 Å². The molecule has 2 aromatic rings. The fourth-order valence-electron chi connectivity index (χ4n) is 1.67. The van der Waals surface area contributed by atoms with Crippen LogP contribution < -0.4 is 5.32 Å². The molecule has 2 aromatic carbocycles. The Hall–Kier alpha value is -1.32. The lowest BCUT2D eigenvalue weighted by Crippen LogP contribution is -2.12. The van der Waals surface area contributed by atoms with E-state index in [9.17, 15) is 4.79 Å². The van der Waals surface area contributed by atoms with Crippen molar-refractivity contribution in [2.45, 2.75) is 12.3 Å². The third-order valence-corrected chi connectivity index (χ3v) is 3.70. The lowest BCUT2D eigenvalue weighted by Gasteiger charge is -2.09. The molecule has 0 saturated heterocycles. The number of carbonyl (C=O) groups excluding carboxylic acids is 1. The molecule has 0 unspecified atom stereocenters. The first-order chi connectivity index (χ1) is 9.10. The summed E-state index contributed by atoms with van der Waals surface area (Å²) in [5.74, 6) is -0.133. The van der Waals surface area contributed by atoms with Crippen molar-refractivity contribution in [1.29, 1.82) is 0 Å². The highest BCUT2D eigenvalue weighted by Crippen LogP contribution is 2.21. The monoisotopic (exact) mass is 337 g/mol. The molecule has 1 N–H and O–H groups in total. The van der Waals surface area contributed by atoms with E-state index in [0.29, 0.717) is 10.6 Å². The van der Waals surface area contributed by atoms with Crippen LogP contribution in [0.2, 0.25) is 5.02 Å². The molecular weight excluding hydrogens is 326 g/mol. The molecule has 0 saturated carbocycles. The minimum atomic E-state index is -0.133. The normalized spacial score (nSPS) is 10.3. The number of hydrogen-bond donors (Lipinski definition) is 1. The zero-order valence-corrected chi connectivity index (χ0v) is 12.8. The van der Waals surface area contributed by atoms with Crippen molar-refractivity contribution >= 4 is 39.1 Å². The topological polar surface area (TPSA) is 29.1 Å². The van der Waals surface area contributed by atoms with Gasteiger partial charge < -0.3 is 5.32 Å². The molecule has 0 spiro atoms. The van der Waals surface area contributed by atoms with Gasteiger partial charge in [-0.1, -0.05) is 45.7 Å². The summed E-state index contributed by atoms with van der Waals surface area (Å²) in [4.78, 5) is 12.1. The average Bonchev–Trinajstić information content (AvgIpc) is 2.43. The van der Waals surface area contributed by atoms with E-state index >= 15 is 0 Å². The van der Waals surface area contributed by atoms with E-state index in [0.717, 1.165) is 22.1 Å². The fourth-order valence-corrected chi connectivity index (χ4v) is 2.21. The molecule has 0 fully saturated rings. The highest BCUT2D eigenvalue weighted by Gasteiger charge is 2.08. The quantitative estimate of drug-likeness (QED) is 0.801. The zero-order valence-electron chi connectivity index (χ0n) is 10.4. The number of aryl methyl sites for hydroxylation is 1. The summed E-state index contributed by atoms with van der Waals surface area (Å²) < 4.78 is 0. The lowest BCUT2D eigenvalue weighted by atomic mass is 10.1. The zero-order chi connectivity index (χ0) is 13.8. The van der Waals surface area contributed by atoms with Crippen LogP contribution in [-0.2, 0) is 5.33 Å². The fraction of sp³-hybridized carbons (Fsp3) is 0.133. The molecule has 0 radical (unpaired) electrons. The number of alkyl halides is 1. The smallest absolute Gasteiger partial charge is 0.255 e. The molecular formula is C15H13BrClNO. The maximum absolute atomic E-state index is 12.1. The van der Waals surface area contributed by atoms with Crippen molar-refractivity contribution < 1.29 is 4.79 Å². The van der Waals surface area contributed by atoms with Crippen LogP contribution in [0.3, 0.4) is 0 Å². The lowest BCUT2D eigenvalue weighted by molar-refractivity contribution is 0.102. The van der Waals surface area contributed by atoms with Crippen LogP contribution in [0.4, 0.5) is 5.69 Å². The standard InChI is InChI=1S/C15H13BrClNO/c1-10-2-7-13(17)8-14(10)18-15(19)12-5-3-11(9-16)4-6-12/h2-8H,9H2,1H3,(H,18,19). The Morgan fingerprint density at radius 3 is 2.53 bits per heavy atom. The van der Waals surface area contributed by atoms with E-state index in [1.807, 2.05) is 37.3 Å². The van der Waals surface area contributed by atoms with E-state index in [1.165, 1.54) is 0 Å². The maximum atomic E-state index is 12.1. The largest absolute Gasteiger partial charge is 0.322 e. The third-order valence-electron chi connectivity index (χ3n) is 2.82. The van der Waals surface area contributed by atoms with E-state index in [-0.39, 0.29) is 5.91 Å². The number of benzene rings is 2. The van der Waals surface area contributed by atoms with Gasteiger partial charge in [0.15, 0.2) is 0 Å². The Morgan fingerprint density at radius 2 is 1.89 bits per heavy atom. The van der Waals surface area contributed by atoms with Gasteiger partial charge in [0.2, 0.25) is 0 Å². The maximum Gasteiger partial charge on any atom is 0.255 e. The molecule has 0 aliphatic heterocycles. The van der Waals surface area contributed by atoms with Crippen LogP contribution in [0.15, 0.2) is 42.5 Å². The van der Waals surface area contributed by atoms with Crippen LogP contribution >= 0.6 is 27.5 Å². The number of rotatable bonds is 3. The summed E-state index contributed by atoms with van der Waals surface area (Å²) in [6.45, 7) is 1.93.